The predicted octanol–water partition coefficient (Wildman–Crippen LogP) is 3.89. The summed E-state index contributed by atoms with van der Waals surface area (Å²) in [5.74, 6) is 0. The molecule has 0 aliphatic heterocycles. The second kappa shape index (κ2) is 8.52. The number of hydrogen-bond acceptors (Lipinski definition) is 2. The second-order valence-electron chi connectivity index (χ2n) is 4.87. The van der Waals surface area contributed by atoms with E-state index in [4.69, 9.17) is 11.6 Å². The summed E-state index contributed by atoms with van der Waals surface area (Å²) < 4.78 is 0. The van der Waals surface area contributed by atoms with E-state index in [-0.39, 0.29) is 0 Å². The minimum absolute atomic E-state index is 0.393. The number of nitrogens with zero attached hydrogens (tertiary/aromatic N) is 1. The Morgan fingerprint density at radius 1 is 1.17 bits per heavy atom. The molecule has 1 atom stereocenters. The highest BCUT2D eigenvalue weighted by Gasteiger charge is 2.08. The van der Waals surface area contributed by atoms with Gasteiger partial charge in [0.2, 0.25) is 0 Å². The van der Waals surface area contributed by atoms with Gasteiger partial charge in [-0.05, 0) is 44.1 Å². The lowest BCUT2D eigenvalue weighted by atomic mass is 10.1. The van der Waals surface area contributed by atoms with E-state index in [1.165, 1.54) is 19.3 Å². The number of aliphatic hydroxyl groups excluding tert-OH is 1. The zero-order valence-corrected chi connectivity index (χ0v) is 12.2. The fourth-order valence-electron chi connectivity index (χ4n) is 1.94. The highest BCUT2D eigenvalue weighted by molar-refractivity contribution is 6.30. The van der Waals surface area contributed by atoms with Crippen LogP contribution in [0.15, 0.2) is 24.3 Å². The lowest BCUT2D eigenvalue weighted by Gasteiger charge is -2.19. The Labute approximate surface area is 116 Å². The summed E-state index contributed by atoms with van der Waals surface area (Å²) in [6.07, 6.45) is 4.15. The van der Waals surface area contributed by atoms with Gasteiger partial charge in [0.1, 0.15) is 0 Å². The highest BCUT2D eigenvalue weighted by atomic mass is 35.5. The summed E-state index contributed by atoms with van der Waals surface area (Å²) in [5.41, 5.74) is 0.946. The van der Waals surface area contributed by atoms with Crippen LogP contribution >= 0.6 is 11.6 Å². The quantitative estimate of drug-likeness (QED) is 0.724. The second-order valence-corrected chi connectivity index (χ2v) is 5.30. The molecular weight excluding hydrogens is 246 g/mol. The Balaban J connectivity index is 2.27. The van der Waals surface area contributed by atoms with Gasteiger partial charge in [0, 0.05) is 11.6 Å². The molecule has 0 aliphatic carbocycles. The lowest BCUT2D eigenvalue weighted by molar-refractivity contribution is 0.148. The van der Waals surface area contributed by atoms with E-state index in [2.05, 4.69) is 18.9 Å². The number of rotatable bonds is 8. The van der Waals surface area contributed by atoms with Crippen molar-refractivity contribution in [2.24, 2.45) is 0 Å². The first-order valence-corrected chi connectivity index (χ1v) is 7.13. The Bertz CT molecular complexity index is 326. The normalized spacial score (nSPS) is 12.9. The zero-order valence-electron chi connectivity index (χ0n) is 11.4. The zero-order chi connectivity index (χ0) is 13.4. The molecule has 0 radical (unpaired) electrons. The molecule has 0 bridgehead atoms. The molecule has 0 amide bonds. The van der Waals surface area contributed by atoms with Crippen LogP contribution in [0.5, 0.6) is 0 Å². The molecule has 0 heterocycles. The van der Waals surface area contributed by atoms with Crippen molar-refractivity contribution in [1.82, 2.24) is 4.90 Å². The lowest BCUT2D eigenvalue weighted by Crippen LogP contribution is -2.22. The van der Waals surface area contributed by atoms with Gasteiger partial charge in [-0.25, -0.2) is 0 Å². The summed E-state index contributed by atoms with van der Waals surface area (Å²) in [5, 5.41) is 10.8. The monoisotopic (exact) mass is 269 g/mol. The first-order valence-electron chi connectivity index (χ1n) is 6.75. The summed E-state index contributed by atoms with van der Waals surface area (Å²) in [6.45, 7) is 4.25. The Morgan fingerprint density at radius 3 is 2.44 bits per heavy atom. The van der Waals surface area contributed by atoms with E-state index in [0.29, 0.717) is 5.02 Å². The van der Waals surface area contributed by atoms with Crippen molar-refractivity contribution in [3.05, 3.63) is 34.9 Å². The van der Waals surface area contributed by atoms with Crippen LogP contribution in [-0.2, 0) is 0 Å². The highest BCUT2D eigenvalue weighted by Crippen LogP contribution is 2.19. The van der Waals surface area contributed by atoms with Gasteiger partial charge in [0.05, 0.1) is 6.10 Å². The van der Waals surface area contributed by atoms with Gasteiger partial charge in [-0.2, -0.15) is 0 Å². The van der Waals surface area contributed by atoms with E-state index in [0.717, 1.165) is 25.1 Å². The van der Waals surface area contributed by atoms with Crippen molar-refractivity contribution in [3.8, 4) is 0 Å². The summed E-state index contributed by atoms with van der Waals surface area (Å²) in [6, 6.07) is 7.43. The minimum atomic E-state index is -0.393. The van der Waals surface area contributed by atoms with Crippen molar-refractivity contribution in [1.29, 1.82) is 0 Å². The van der Waals surface area contributed by atoms with Crippen molar-refractivity contribution < 1.29 is 5.11 Å². The molecule has 1 N–H and O–H groups in total. The maximum atomic E-state index is 10.1. The van der Waals surface area contributed by atoms with Gasteiger partial charge in [-0.1, -0.05) is 43.5 Å². The molecule has 0 aliphatic rings. The molecule has 0 spiro atoms. The maximum Gasteiger partial charge on any atom is 0.0802 e. The minimum Gasteiger partial charge on any atom is -0.388 e. The van der Waals surface area contributed by atoms with Crippen LogP contribution < -0.4 is 0 Å². The molecular formula is C15H24ClNO. The van der Waals surface area contributed by atoms with Crippen LogP contribution in [0.1, 0.15) is 44.3 Å². The van der Waals surface area contributed by atoms with Gasteiger partial charge in [0.25, 0.3) is 0 Å². The van der Waals surface area contributed by atoms with Crippen molar-refractivity contribution in [3.63, 3.8) is 0 Å². The molecule has 0 saturated heterocycles. The van der Waals surface area contributed by atoms with Gasteiger partial charge >= 0.3 is 0 Å². The van der Waals surface area contributed by atoms with Crippen LogP contribution in [0.25, 0.3) is 0 Å². The fourth-order valence-corrected chi connectivity index (χ4v) is 2.06. The third-order valence-electron chi connectivity index (χ3n) is 3.18. The number of benzene rings is 1. The van der Waals surface area contributed by atoms with Crippen molar-refractivity contribution in [2.75, 3.05) is 20.1 Å². The van der Waals surface area contributed by atoms with Gasteiger partial charge in [-0.15, -0.1) is 0 Å². The van der Waals surface area contributed by atoms with Gasteiger partial charge < -0.3 is 10.0 Å². The predicted molar refractivity (Wildman–Crippen MR) is 78.1 cm³/mol. The van der Waals surface area contributed by atoms with Crippen LogP contribution in [0.2, 0.25) is 5.02 Å². The Kier molecular flexibility index (Phi) is 7.33. The molecule has 102 valence electrons. The summed E-state index contributed by atoms with van der Waals surface area (Å²) in [7, 11) is 2.12. The first-order chi connectivity index (χ1) is 8.63. The molecule has 3 heteroatoms. The smallest absolute Gasteiger partial charge is 0.0802 e. The van der Waals surface area contributed by atoms with Crippen molar-refractivity contribution in [2.45, 2.75) is 38.7 Å². The largest absolute Gasteiger partial charge is 0.388 e. The standard InChI is InChI=1S/C15H24ClNO/c1-3-4-5-11-17(2)12-10-15(18)13-6-8-14(16)9-7-13/h6-9,15,18H,3-5,10-12H2,1-2H3. The van der Waals surface area contributed by atoms with Crippen molar-refractivity contribution >= 4 is 11.6 Å². The number of unbranched alkanes of at least 4 members (excludes halogenated alkanes) is 2. The fraction of sp³-hybridized carbons (Fsp3) is 0.600. The molecule has 1 aromatic rings. The molecule has 1 unspecified atom stereocenters. The van der Waals surface area contributed by atoms with Gasteiger partial charge in [-0.3, -0.25) is 0 Å². The molecule has 0 aromatic heterocycles. The molecule has 2 nitrogen and oxygen atoms in total. The Morgan fingerprint density at radius 2 is 1.83 bits per heavy atom. The summed E-state index contributed by atoms with van der Waals surface area (Å²) >= 11 is 5.82. The van der Waals surface area contributed by atoms with E-state index in [1.807, 2.05) is 24.3 Å². The molecule has 1 aromatic carbocycles. The summed E-state index contributed by atoms with van der Waals surface area (Å²) in [4.78, 5) is 2.29. The molecule has 18 heavy (non-hydrogen) atoms. The van der Waals surface area contributed by atoms with Gasteiger partial charge in [0.15, 0.2) is 0 Å². The van der Waals surface area contributed by atoms with Crippen LogP contribution in [0.4, 0.5) is 0 Å². The van der Waals surface area contributed by atoms with E-state index < -0.39 is 6.10 Å². The average molecular weight is 270 g/mol. The van der Waals surface area contributed by atoms with E-state index >= 15 is 0 Å². The molecule has 0 fully saturated rings. The third-order valence-corrected chi connectivity index (χ3v) is 3.43. The third kappa shape index (κ3) is 5.85. The van der Waals surface area contributed by atoms with Crippen LogP contribution in [0, 0.1) is 0 Å². The van der Waals surface area contributed by atoms with Crippen LogP contribution in [0.3, 0.4) is 0 Å². The maximum absolute atomic E-state index is 10.1. The number of halogens is 1. The Hall–Kier alpha value is -0.570. The SMILES string of the molecule is CCCCCN(C)CCC(O)c1ccc(Cl)cc1. The molecule has 0 saturated carbocycles. The number of hydrogen-bond donors (Lipinski definition) is 1. The first kappa shape index (κ1) is 15.5. The van der Waals surface area contributed by atoms with E-state index in [9.17, 15) is 5.11 Å². The van der Waals surface area contributed by atoms with Crippen LogP contribution in [-0.4, -0.2) is 30.1 Å². The average Bonchev–Trinajstić information content (AvgIpc) is 2.37. The topological polar surface area (TPSA) is 23.5 Å². The van der Waals surface area contributed by atoms with E-state index in [1.54, 1.807) is 0 Å². The number of aliphatic hydroxyl groups is 1. The molecule has 1 rings (SSSR count).